The molecule has 2 unspecified atom stereocenters. The number of aliphatic carboxylic acids is 1. The van der Waals surface area contributed by atoms with Crippen molar-refractivity contribution in [3.8, 4) is 5.88 Å². The molecule has 4 rings (SSSR count). The second-order valence-electron chi connectivity index (χ2n) is 7.14. The topological polar surface area (TPSA) is 93.9 Å². The summed E-state index contributed by atoms with van der Waals surface area (Å²) in [5.74, 6) is -2.03. The van der Waals surface area contributed by atoms with Crippen LogP contribution in [-0.4, -0.2) is 63.5 Å². The van der Waals surface area contributed by atoms with Gasteiger partial charge < -0.3 is 24.0 Å². The number of carboxylic acid groups (broad SMARTS) is 1. The number of pyridine rings is 1. The number of aromatic nitrogens is 2. The van der Waals surface area contributed by atoms with Crippen molar-refractivity contribution in [2.75, 3.05) is 19.8 Å². The van der Waals surface area contributed by atoms with Crippen LogP contribution in [-0.2, 0) is 27.4 Å². The second-order valence-corrected chi connectivity index (χ2v) is 7.14. The molecular weight excluding hydrogens is 419 g/mol. The summed E-state index contributed by atoms with van der Waals surface area (Å²) in [6.45, 7) is 3.10. The normalized spacial score (nSPS) is 20.8. The van der Waals surface area contributed by atoms with Gasteiger partial charge in [0.1, 0.15) is 6.10 Å². The first-order valence-electron chi connectivity index (χ1n) is 9.62. The van der Waals surface area contributed by atoms with Crippen LogP contribution in [0.2, 0.25) is 0 Å². The number of amides is 1. The van der Waals surface area contributed by atoms with Gasteiger partial charge in [0, 0.05) is 30.8 Å². The summed E-state index contributed by atoms with van der Waals surface area (Å²) in [5.41, 5.74) is 1.13. The fourth-order valence-corrected chi connectivity index (χ4v) is 3.37. The lowest BCUT2D eigenvalue weighted by Crippen LogP contribution is -2.41. The summed E-state index contributed by atoms with van der Waals surface area (Å²) < 4.78 is 45.3. The van der Waals surface area contributed by atoms with Crippen molar-refractivity contribution in [2.45, 2.75) is 31.8 Å². The molecule has 2 aromatic heterocycles. The third kappa shape index (κ3) is 6.20. The number of carboxylic acids is 1. The quantitative estimate of drug-likeness (QED) is 0.786. The van der Waals surface area contributed by atoms with Crippen LogP contribution in [0.3, 0.4) is 0 Å². The molecule has 168 valence electrons. The van der Waals surface area contributed by atoms with Gasteiger partial charge in [0.25, 0.3) is 0 Å². The summed E-state index contributed by atoms with van der Waals surface area (Å²) in [4.78, 5) is 27.9. The summed E-state index contributed by atoms with van der Waals surface area (Å²) in [6.07, 6.45) is -0.648. The van der Waals surface area contributed by atoms with E-state index in [1.54, 1.807) is 6.20 Å². The first-order chi connectivity index (χ1) is 14.7. The zero-order chi connectivity index (χ0) is 22.4. The van der Waals surface area contributed by atoms with Crippen molar-refractivity contribution in [2.24, 2.45) is 5.92 Å². The highest BCUT2D eigenvalue weighted by Gasteiger charge is 2.38. The van der Waals surface area contributed by atoms with Gasteiger partial charge in [0.2, 0.25) is 11.8 Å². The van der Waals surface area contributed by atoms with E-state index in [2.05, 4.69) is 15.6 Å². The minimum atomic E-state index is -5.08. The Morgan fingerprint density at radius 1 is 1.19 bits per heavy atom. The number of hydrogen-bond acceptors (Lipinski definition) is 5. The molecule has 1 fully saturated rings. The highest BCUT2D eigenvalue weighted by atomic mass is 19.4. The van der Waals surface area contributed by atoms with Crippen molar-refractivity contribution in [1.29, 1.82) is 0 Å². The van der Waals surface area contributed by atoms with Crippen molar-refractivity contribution < 1.29 is 37.3 Å². The minimum Gasteiger partial charge on any atom is -0.475 e. The van der Waals surface area contributed by atoms with Gasteiger partial charge in [-0.2, -0.15) is 13.2 Å². The Bertz CT molecular complexity index is 882. The Balaban J connectivity index is 0.000000339. The van der Waals surface area contributed by atoms with Crippen LogP contribution >= 0.6 is 0 Å². The van der Waals surface area contributed by atoms with E-state index in [1.165, 1.54) is 0 Å². The van der Waals surface area contributed by atoms with E-state index in [4.69, 9.17) is 19.4 Å². The summed E-state index contributed by atoms with van der Waals surface area (Å²) in [6, 6.07) is 9.69. The molecule has 0 spiro atoms. The van der Waals surface area contributed by atoms with Gasteiger partial charge in [-0.3, -0.25) is 4.79 Å². The summed E-state index contributed by atoms with van der Waals surface area (Å²) >= 11 is 0. The van der Waals surface area contributed by atoms with Gasteiger partial charge in [0.15, 0.2) is 0 Å². The molecule has 4 heterocycles. The second kappa shape index (κ2) is 9.82. The molecule has 0 radical (unpaired) electrons. The third-order valence-corrected chi connectivity index (χ3v) is 4.86. The Kier molecular flexibility index (Phi) is 7.16. The van der Waals surface area contributed by atoms with E-state index in [0.717, 1.165) is 12.1 Å². The number of carbonyl (C=O) groups excluding carboxylic acids is 1. The number of halogens is 3. The van der Waals surface area contributed by atoms with Crippen LogP contribution in [0, 0.1) is 5.92 Å². The number of fused-ring (bicyclic) bond motifs is 1. The van der Waals surface area contributed by atoms with Gasteiger partial charge in [-0.05, 0) is 24.6 Å². The van der Waals surface area contributed by atoms with E-state index in [9.17, 15) is 18.0 Å². The van der Waals surface area contributed by atoms with E-state index in [0.29, 0.717) is 38.7 Å². The average molecular weight is 441 g/mol. The van der Waals surface area contributed by atoms with Gasteiger partial charge >= 0.3 is 12.1 Å². The Morgan fingerprint density at radius 3 is 2.58 bits per heavy atom. The molecule has 2 atom stereocenters. The van der Waals surface area contributed by atoms with Gasteiger partial charge in [0.05, 0.1) is 32.2 Å². The zero-order valence-electron chi connectivity index (χ0n) is 16.5. The number of carbonyl (C=O) groups is 2. The fourth-order valence-electron chi connectivity index (χ4n) is 3.37. The van der Waals surface area contributed by atoms with Crippen LogP contribution in [0.15, 0.2) is 42.7 Å². The molecule has 1 saturated heterocycles. The van der Waals surface area contributed by atoms with E-state index >= 15 is 0 Å². The molecule has 0 aliphatic carbocycles. The highest BCUT2D eigenvalue weighted by Crippen LogP contribution is 2.22. The number of ether oxygens (including phenoxy) is 2. The number of hydrogen-bond donors (Lipinski definition) is 1. The summed E-state index contributed by atoms with van der Waals surface area (Å²) in [7, 11) is 0. The van der Waals surface area contributed by atoms with Crippen LogP contribution in [0.4, 0.5) is 13.2 Å². The Hall–Kier alpha value is -3.08. The molecular formula is C20H22F3N3O5. The maximum atomic E-state index is 12.8. The molecule has 1 N–H and O–H groups in total. The Labute approximate surface area is 176 Å². The van der Waals surface area contributed by atoms with E-state index in [-0.39, 0.29) is 17.9 Å². The minimum absolute atomic E-state index is 0.0259. The van der Waals surface area contributed by atoms with Crippen molar-refractivity contribution in [3.05, 3.63) is 48.4 Å². The van der Waals surface area contributed by atoms with Gasteiger partial charge in [-0.15, -0.1) is 0 Å². The molecule has 8 nitrogen and oxygen atoms in total. The lowest BCUT2D eigenvalue weighted by atomic mass is 10.1. The van der Waals surface area contributed by atoms with Gasteiger partial charge in [-0.25, -0.2) is 9.78 Å². The maximum absolute atomic E-state index is 12.8. The predicted molar refractivity (Wildman–Crippen MR) is 101 cm³/mol. The number of rotatable bonds is 3. The van der Waals surface area contributed by atoms with Crippen LogP contribution < -0.4 is 4.74 Å². The molecule has 1 amide bonds. The molecule has 2 aliphatic rings. The largest absolute Gasteiger partial charge is 0.490 e. The molecule has 2 aromatic rings. The predicted octanol–water partition coefficient (Wildman–Crippen LogP) is 2.34. The average Bonchev–Trinajstić information content (AvgIpc) is 3.37. The van der Waals surface area contributed by atoms with Crippen molar-refractivity contribution in [1.82, 2.24) is 14.5 Å². The molecule has 31 heavy (non-hydrogen) atoms. The first-order valence-corrected chi connectivity index (χ1v) is 9.62. The molecule has 0 aromatic carbocycles. The lowest BCUT2D eigenvalue weighted by Gasteiger charge is -2.26. The molecule has 2 aliphatic heterocycles. The van der Waals surface area contributed by atoms with E-state index in [1.807, 2.05) is 35.4 Å². The molecule has 0 saturated carbocycles. The number of alkyl halides is 3. The SMILES string of the molecule is O=C(C1CCOC1)N1Cc2cccn2CC(Oc2ccccn2)C1.O=C(O)C(F)(F)F. The first kappa shape index (κ1) is 22.6. The lowest BCUT2D eigenvalue weighted by molar-refractivity contribution is -0.192. The highest BCUT2D eigenvalue weighted by molar-refractivity contribution is 5.79. The van der Waals surface area contributed by atoms with Crippen molar-refractivity contribution in [3.63, 3.8) is 0 Å². The third-order valence-electron chi connectivity index (χ3n) is 4.86. The Morgan fingerprint density at radius 2 is 1.97 bits per heavy atom. The van der Waals surface area contributed by atoms with Crippen molar-refractivity contribution >= 4 is 11.9 Å². The summed E-state index contributed by atoms with van der Waals surface area (Å²) in [5, 5.41) is 7.12. The smallest absolute Gasteiger partial charge is 0.475 e. The van der Waals surface area contributed by atoms with Gasteiger partial charge in [-0.1, -0.05) is 6.07 Å². The molecule has 11 heteroatoms. The zero-order valence-corrected chi connectivity index (χ0v) is 16.5. The van der Waals surface area contributed by atoms with Crippen LogP contribution in [0.1, 0.15) is 12.1 Å². The maximum Gasteiger partial charge on any atom is 0.490 e. The monoisotopic (exact) mass is 441 g/mol. The van der Waals surface area contributed by atoms with Crippen LogP contribution in [0.25, 0.3) is 0 Å². The molecule has 0 bridgehead atoms. The number of nitrogens with zero attached hydrogens (tertiary/aromatic N) is 3. The van der Waals surface area contributed by atoms with E-state index < -0.39 is 12.1 Å². The standard InChI is InChI=1S/C18H21N3O3.C2HF3O2/c22-18(14-6-9-23-13-14)21-10-15-4-3-8-20(15)11-16(12-21)24-17-5-1-2-7-19-17;3-2(4,5)1(6)7/h1-5,7-8,14,16H,6,9-13H2;(H,6,7). The fraction of sp³-hybridized carbons (Fsp3) is 0.450. The van der Waals surface area contributed by atoms with Crippen LogP contribution in [0.5, 0.6) is 5.88 Å².